The first kappa shape index (κ1) is 20.9. The van der Waals surface area contributed by atoms with Crippen LogP contribution in [0.1, 0.15) is 31.4 Å². The first-order valence-corrected chi connectivity index (χ1v) is 10.6. The maximum atomic E-state index is 13.0. The summed E-state index contributed by atoms with van der Waals surface area (Å²) >= 11 is 5.43. The van der Waals surface area contributed by atoms with Gasteiger partial charge in [-0.15, -0.1) is 0 Å². The molecule has 0 unspecified atom stereocenters. The summed E-state index contributed by atoms with van der Waals surface area (Å²) in [6, 6.07) is 15.3. The summed E-state index contributed by atoms with van der Waals surface area (Å²) in [5.74, 6) is 0.644. The van der Waals surface area contributed by atoms with Crippen LogP contribution in [0.3, 0.4) is 0 Å². The van der Waals surface area contributed by atoms with E-state index in [0.29, 0.717) is 40.9 Å². The van der Waals surface area contributed by atoms with E-state index in [2.05, 4.69) is 15.3 Å². The molecule has 1 amide bonds. The molecule has 4 aromatic rings. The topological polar surface area (TPSA) is 91.9 Å². The third kappa shape index (κ3) is 4.25. The molecule has 0 aliphatic carbocycles. The van der Waals surface area contributed by atoms with E-state index in [1.165, 1.54) is 4.57 Å². The van der Waals surface area contributed by atoms with E-state index in [0.717, 1.165) is 16.5 Å². The van der Waals surface area contributed by atoms with Gasteiger partial charge in [0, 0.05) is 23.9 Å². The molecule has 0 radical (unpaired) electrons. The number of nitrogens with one attached hydrogen (secondary N) is 3. The molecule has 4 rings (SSSR count). The molecule has 2 heterocycles. The number of H-pyrrole nitrogens is 2. The van der Waals surface area contributed by atoms with Gasteiger partial charge in [0.2, 0.25) is 5.91 Å². The second-order valence-corrected chi connectivity index (χ2v) is 7.86. The number of nitrogens with zero attached hydrogens (tertiary/aromatic N) is 1. The Kier molecular flexibility index (Phi) is 5.90. The molecule has 1 atom stereocenters. The van der Waals surface area contributed by atoms with Crippen LogP contribution in [0.4, 0.5) is 0 Å². The summed E-state index contributed by atoms with van der Waals surface area (Å²) in [5.41, 5.74) is 2.79. The molecule has 3 N–H and O–H groups in total. The van der Waals surface area contributed by atoms with Crippen molar-refractivity contribution in [3.8, 4) is 5.75 Å². The fourth-order valence-corrected chi connectivity index (χ4v) is 4.01. The minimum Gasteiger partial charge on any atom is -0.497 e. The average molecular weight is 437 g/mol. The third-order valence-corrected chi connectivity index (χ3v) is 5.73. The van der Waals surface area contributed by atoms with E-state index >= 15 is 0 Å². The first-order valence-electron chi connectivity index (χ1n) is 10.1. The highest BCUT2D eigenvalue weighted by Crippen LogP contribution is 2.25. The number of rotatable bonds is 7. The molecule has 0 aliphatic rings. The summed E-state index contributed by atoms with van der Waals surface area (Å²) < 4.78 is 7.11. The predicted molar refractivity (Wildman–Crippen MR) is 124 cm³/mol. The number of fused-ring (bicyclic) bond motifs is 3. The van der Waals surface area contributed by atoms with Crippen LogP contribution >= 0.6 is 12.2 Å². The van der Waals surface area contributed by atoms with Gasteiger partial charge in [-0.2, -0.15) is 0 Å². The lowest BCUT2D eigenvalue weighted by atomic mass is 10.1. The number of carbonyl (C=O) groups is 1. The lowest BCUT2D eigenvalue weighted by Gasteiger charge is -2.14. The standard InChI is InChI=1S/C23H24N4O3S/c1-14(15-7-4-3-5-8-15)24-19(28)9-6-12-27-22(29)21-20(26-23(27)31)17-13-16(30-2)10-11-18(17)25-21/h3-5,7-8,10-11,13-14,25H,6,9,12H2,1-2H3,(H,24,28)(H,26,31)/t14-/m1/s1. The largest absolute Gasteiger partial charge is 0.497 e. The SMILES string of the molecule is COc1ccc2[nH]c3c(=O)n(CCCC(=O)N[C@H](C)c4ccccc4)c(=S)[nH]c3c2c1. The highest BCUT2D eigenvalue weighted by Gasteiger charge is 2.13. The normalized spacial score (nSPS) is 12.2. The van der Waals surface area contributed by atoms with Crippen molar-refractivity contribution in [3.63, 3.8) is 0 Å². The highest BCUT2D eigenvalue weighted by atomic mass is 32.1. The molecule has 160 valence electrons. The average Bonchev–Trinajstić information content (AvgIpc) is 3.14. The summed E-state index contributed by atoms with van der Waals surface area (Å²) in [6.45, 7) is 2.31. The molecule has 8 heteroatoms. The number of methoxy groups -OCH3 is 1. The molecule has 31 heavy (non-hydrogen) atoms. The molecule has 2 aromatic carbocycles. The van der Waals surface area contributed by atoms with Gasteiger partial charge in [0.1, 0.15) is 11.3 Å². The summed E-state index contributed by atoms with van der Waals surface area (Å²) in [6.07, 6.45) is 0.810. The Hall–Kier alpha value is -3.39. The molecule has 0 saturated heterocycles. The van der Waals surface area contributed by atoms with Crippen LogP contribution in [-0.2, 0) is 11.3 Å². The maximum absolute atomic E-state index is 13.0. The monoisotopic (exact) mass is 436 g/mol. The lowest BCUT2D eigenvalue weighted by molar-refractivity contribution is -0.121. The Morgan fingerprint density at radius 3 is 2.68 bits per heavy atom. The van der Waals surface area contributed by atoms with Crippen molar-refractivity contribution >= 4 is 40.1 Å². The van der Waals surface area contributed by atoms with Crippen LogP contribution in [0.5, 0.6) is 5.75 Å². The van der Waals surface area contributed by atoms with E-state index in [-0.39, 0.29) is 17.5 Å². The van der Waals surface area contributed by atoms with Crippen molar-refractivity contribution in [2.45, 2.75) is 32.4 Å². The minimum absolute atomic E-state index is 0.0573. The van der Waals surface area contributed by atoms with Gasteiger partial charge in [-0.3, -0.25) is 14.2 Å². The Balaban J connectivity index is 1.48. The second-order valence-electron chi connectivity index (χ2n) is 7.48. The molecule has 2 aromatic heterocycles. The number of carbonyl (C=O) groups excluding carboxylic acids is 1. The highest BCUT2D eigenvalue weighted by molar-refractivity contribution is 7.71. The fraction of sp³-hybridized carbons (Fsp3) is 0.261. The van der Waals surface area contributed by atoms with Crippen molar-refractivity contribution in [1.82, 2.24) is 19.9 Å². The van der Waals surface area contributed by atoms with Gasteiger partial charge < -0.3 is 20.0 Å². The van der Waals surface area contributed by atoms with E-state index in [1.807, 2.05) is 55.5 Å². The second kappa shape index (κ2) is 8.77. The smallest absolute Gasteiger partial charge is 0.278 e. The molecule has 0 aliphatic heterocycles. The zero-order chi connectivity index (χ0) is 22.0. The van der Waals surface area contributed by atoms with Crippen molar-refractivity contribution in [3.05, 3.63) is 69.2 Å². The number of ether oxygens (including phenoxy) is 1. The van der Waals surface area contributed by atoms with E-state index in [4.69, 9.17) is 17.0 Å². The number of benzene rings is 2. The van der Waals surface area contributed by atoms with Crippen molar-refractivity contribution in [2.75, 3.05) is 7.11 Å². The van der Waals surface area contributed by atoms with Gasteiger partial charge in [0.25, 0.3) is 5.56 Å². The van der Waals surface area contributed by atoms with Crippen molar-refractivity contribution in [1.29, 1.82) is 0 Å². The van der Waals surface area contributed by atoms with E-state index in [1.54, 1.807) is 7.11 Å². The number of aromatic amines is 2. The van der Waals surface area contributed by atoms with Gasteiger partial charge in [-0.25, -0.2) is 0 Å². The zero-order valence-electron chi connectivity index (χ0n) is 17.4. The fourth-order valence-electron chi connectivity index (χ4n) is 3.73. The van der Waals surface area contributed by atoms with Crippen LogP contribution in [0.2, 0.25) is 0 Å². The maximum Gasteiger partial charge on any atom is 0.278 e. The van der Waals surface area contributed by atoms with Gasteiger partial charge in [0.15, 0.2) is 4.77 Å². The molecule has 0 saturated carbocycles. The Bertz CT molecular complexity index is 1350. The Morgan fingerprint density at radius 2 is 1.94 bits per heavy atom. The van der Waals surface area contributed by atoms with Crippen LogP contribution < -0.4 is 15.6 Å². The lowest BCUT2D eigenvalue weighted by Crippen LogP contribution is -2.27. The quantitative estimate of drug-likeness (QED) is 0.379. The van der Waals surface area contributed by atoms with Crippen molar-refractivity contribution in [2.24, 2.45) is 0 Å². The van der Waals surface area contributed by atoms with Gasteiger partial charge in [-0.1, -0.05) is 30.3 Å². The first-order chi connectivity index (χ1) is 15.0. The van der Waals surface area contributed by atoms with Crippen LogP contribution in [0, 0.1) is 4.77 Å². The van der Waals surface area contributed by atoms with Gasteiger partial charge in [-0.05, 0) is 49.3 Å². The molecule has 0 spiro atoms. The summed E-state index contributed by atoms with van der Waals surface area (Å²) in [7, 11) is 1.60. The van der Waals surface area contributed by atoms with E-state index < -0.39 is 0 Å². The number of amides is 1. The molecule has 0 fully saturated rings. The number of hydrogen-bond acceptors (Lipinski definition) is 4. The molecule has 7 nitrogen and oxygen atoms in total. The zero-order valence-corrected chi connectivity index (χ0v) is 18.2. The molecular formula is C23H24N4O3S. The Morgan fingerprint density at radius 1 is 1.16 bits per heavy atom. The molecular weight excluding hydrogens is 412 g/mol. The number of aromatic nitrogens is 3. The van der Waals surface area contributed by atoms with Crippen LogP contribution in [-0.4, -0.2) is 27.6 Å². The van der Waals surface area contributed by atoms with Crippen LogP contribution in [0.15, 0.2) is 53.3 Å². The summed E-state index contributed by atoms with van der Waals surface area (Å²) in [5, 5.41) is 3.84. The molecule has 0 bridgehead atoms. The van der Waals surface area contributed by atoms with Gasteiger partial charge in [0.05, 0.1) is 18.7 Å². The van der Waals surface area contributed by atoms with Gasteiger partial charge >= 0.3 is 0 Å². The predicted octanol–water partition coefficient (Wildman–Crippen LogP) is 4.21. The van der Waals surface area contributed by atoms with Crippen LogP contribution in [0.25, 0.3) is 21.9 Å². The third-order valence-electron chi connectivity index (χ3n) is 5.40. The Labute approximate surface area is 184 Å². The number of hydrogen-bond donors (Lipinski definition) is 3. The van der Waals surface area contributed by atoms with Crippen molar-refractivity contribution < 1.29 is 9.53 Å². The summed E-state index contributed by atoms with van der Waals surface area (Å²) in [4.78, 5) is 31.7. The minimum atomic E-state index is -0.202. The van der Waals surface area contributed by atoms with E-state index in [9.17, 15) is 9.59 Å².